The third-order valence-corrected chi connectivity index (χ3v) is 3.40. The summed E-state index contributed by atoms with van der Waals surface area (Å²) in [5, 5.41) is 9.88. The largest absolute Gasteiger partial charge is 0.387 e. The zero-order chi connectivity index (χ0) is 11.8. The molecule has 3 heteroatoms. The van der Waals surface area contributed by atoms with Crippen LogP contribution in [0.5, 0.6) is 0 Å². The smallest absolute Gasteiger partial charge is 0.123 e. The number of hydrogen-bond donors (Lipinski definition) is 1. The van der Waals surface area contributed by atoms with Crippen LogP contribution in [0, 0.1) is 12.7 Å². The lowest BCUT2D eigenvalue weighted by Crippen LogP contribution is -2.60. The van der Waals surface area contributed by atoms with E-state index >= 15 is 0 Å². The first-order valence-electron chi connectivity index (χ1n) is 5.72. The summed E-state index contributed by atoms with van der Waals surface area (Å²) < 4.78 is 13.1. The average Bonchev–Trinajstić information content (AvgIpc) is 2.21. The molecule has 0 spiro atoms. The average molecular weight is 223 g/mol. The Bertz CT molecular complexity index is 386. The van der Waals surface area contributed by atoms with E-state index in [9.17, 15) is 9.50 Å². The Morgan fingerprint density at radius 1 is 1.44 bits per heavy atom. The van der Waals surface area contributed by atoms with Crippen molar-refractivity contribution in [2.75, 3.05) is 13.1 Å². The molecule has 1 aliphatic rings. The van der Waals surface area contributed by atoms with Crippen LogP contribution in [0.3, 0.4) is 0 Å². The van der Waals surface area contributed by atoms with Crippen molar-refractivity contribution in [3.63, 3.8) is 0 Å². The van der Waals surface area contributed by atoms with Crippen LogP contribution in [0.2, 0.25) is 0 Å². The molecular formula is C13H18FNO. The number of nitrogens with zero attached hydrogens (tertiary/aromatic N) is 1. The first kappa shape index (κ1) is 11.6. The maximum atomic E-state index is 13.1. The van der Waals surface area contributed by atoms with E-state index in [0.29, 0.717) is 13.1 Å². The number of likely N-dealkylation sites (tertiary alicyclic amines) is 1. The van der Waals surface area contributed by atoms with E-state index in [1.165, 1.54) is 6.07 Å². The van der Waals surface area contributed by atoms with Gasteiger partial charge in [0.25, 0.3) is 0 Å². The first-order valence-corrected chi connectivity index (χ1v) is 5.72. The summed E-state index contributed by atoms with van der Waals surface area (Å²) in [5.74, 6) is -0.188. The van der Waals surface area contributed by atoms with Crippen LogP contribution in [0.25, 0.3) is 0 Å². The van der Waals surface area contributed by atoms with Crippen LogP contribution in [-0.4, -0.2) is 28.7 Å². The standard InChI is InChI=1S/C13H18FNO/c1-3-13(16)8-15(9-13)7-11-6-12(14)5-4-10(11)2/h4-6,16H,3,7-9H2,1-2H3. The van der Waals surface area contributed by atoms with Crippen LogP contribution < -0.4 is 0 Å². The summed E-state index contributed by atoms with van der Waals surface area (Å²) in [7, 11) is 0. The summed E-state index contributed by atoms with van der Waals surface area (Å²) in [6.07, 6.45) is 0.783. The molecule has 1 fully saturated rings. The third-order valence-electron chi connectivity index (χ3n) is 3.40. The van der Waals surface area contributed by atoms with Crippen molar-refractivity contribution in [1.29, 1.82) is 0 Å². The van der Waals surface area contributed by atoms with Gasteiger partial charge >= 0.3 is 0 Å². The van der Waals surface area contributed by atoms with Crippen LogP contribution in [0.4, 0.5) is 4.39 Å². The van der Waals surface area contributed by atoms with Gasteiger partial charge in [-0.15, -0.1) is 0 Å². The molecule has 0 amide bonds. The number of halogens is 1. The molecular weight excluding hydrogens is 205 g/mol. The minimum Gasteiger partial charge on any atom is -0.387 e. The van der Waals surface area contributed by atoms with Gasteiger partial charge in [0.05, 0.1) is 5.60 Å². The molecule has 0 atom stereocenters. The number of hydrogen-bond acceptors (Lipinski definition) is 2. The van der Waals surface area contributed by atoms with E-state index in [1.54, 1.807) is 12.1 Å². The number of aliphatic hydroxyl groups is 1. The van der Waals surface area contributed by atoms with Crippen molar-refractivity contribution >= 4 is 0 Å². The Balaban J connectivity index is 1.99. The zero-order valence-corrected chi connectivity index (χ0v) is 9.83. The molecule has 0 radical (unpaired) electrons. The van der Waals surface area contributed by atoms with Crippen LogP contribution in [-0.2, 0) is 6.54 Å². The maximum absolute atomic E-state index is 13.1. The summed E-state index contributed by atoms with van der Waals surface area (Å²) in [6.45, 7) is 6.09. The molecule has 1 N–H and O–H groups in total. The van der Waals surface area contributed by atoms with Gasteiger partial charge in [0.1, 0.15) is 5.82 Å². The highest BCUT2D eigenvalue weighted by Crippen LogP contribution is 2.26. The lowest BCUT2D eigenvalue weighted by molar-refractivity contribution is -0.103. The Morgan fingerprint density at radius 2 is 2.12 bits per heavy atom. The minimum atomic E-state index is -0.513. The van der Waals surface area contributed by atoms with Crippen molar-refractivity contribution in [2.24, 2.45) is 0 Å². The second-order valence-corrected chi connectivity index (χ2v) is 4.79. The van der Waals surface area contributed by atoms with Crippen LogP contribution in [0.1, 0.15) is 24.5 Å². The van der Waals surface area contributed by atoms with Gasteiger partial charge < -0.3 is 5.11 Å². The monoisotopic (exact) mass is 223 g/mol. The molecule has 1 aromatic carbocycles. The number of benzene rings is 1. The second-order valence-electron chi connectivity index (χ2n) is 4.79. The van der Waals surface area contributed by atoms with E-state index in [-0.39, 0.29) is 5.82 Å². The van der Waals surface area contributed by atoms with Crippen molar-refractivity contribution in [2.45, 2.75) is 32.4 Å². The third kappa shape index (κ3) is 2.25. The number of aryl methyl sites for hydroxylation is 1. The summed E-state index contributed by atoms with van der Waals surface area (Å²) >= 11 is 0. The molecule has 2 rings (SSSR count). The molecule has 0 aromatic heterocycles. The zero-order valence-electron chi connectivity index (χ0n) is 9.83. The van der Waals surface area contributed by atoms with Gasteiger partial charge in [0.2, 0.25) is 0 Å². The van der Waals surface area contributed by atoms with E-state index in [1.807, 2.05) is 13.8 Å². The van der Waals surface area contributed by atoms with Gasteiger partial charge in [-0.3, -0.25) is 4.90 Å². The van der Waals surface area contributed by atoms with Gasteiger partial charge in [-0.2, -0.15) is 0 Å². The Labute approximate surface area is 95.7 Å². The maximum Gasteiger partial charge on any atom is 0.123 e. The van der Waals surface area contributed by atoms with Crippen molar-refractivity contribution in [3.8, 4) is 0 Å². The summed E-state index contributed by atoms with van der Waals surface area (Å²) in [5.41, 5.74) is 1.60. The van der Waals surface area contributed by atoms with Crippen LogP contribution in [0.15, 0.2) is 18.2 Å². The highest BCUT2D eigenvalue weighted by atomic mass is 19.1. The summed E-state index contributed by atoms with van der Waals surface area (Å²) in [4.78, 5) is 2.14. The lowest BCUT2D eigenvalue weighted by Gasteiger charge is -2.46. The molecule has 0 bridgehead atoms. The lowest BCUT2D eigenvalue weighted by atomic mass is 9.90. The molecule has 0 saturated carbocycles. The normalized spacial score (nSPS) is 19.5. The number of β-amino-alcohol motifs (C(OH)–C–C–N with tert-alkyl or cyclic N) is 1. The molecule has 0 unspecified atom stereocenters. The number of rotatable bonds is 3. The van der Waals surface area contributed by atoms with Gasteiger partial charge in [0, 0.05) is 19.6 Å². The predicted octanol–water partition coefficient (Wildman–Crippen LogP) is 2.09. The molecule has 1 heterocycles. The van der Waals surface area contributed by atoms with Gasteiger partial charge in [0.15, 0.2) is 0 Å². The van der Waals surface area contributed by atoms with E-state index in [4.69, 9.17) is 0 Å². The van der Waals surface area contributed by atoms with Crippen molar-refractivity contribution < 1.29 is 9.50 Å². The fourth-order valence-corrected chi connectivity index (χ4v) is 2.17. The fraction of sp³-hybridized carbons (Fsp3) is 0.538. The predicted molar refractivity (Wildman–Crippen MR) is 61.7 cm³/mol. The van der Waals surface area contributed by atoms with E-state index in [0.717, 1.165) is 24.1 Å². The highest BCUT2D eigenvalue weighted by molar-refractivity contribution is 5.26. The molecule has 1 aromatic rings. The summed E-state index contributed by atoms with van der Waals surface area (Å²) in [6, 6.07) is 4.87. The Hall–Kier alpha value is -0.930. The van der Waals surface area contributed by atoms with Gasteiger partial charge in [-0.1, -0.05) is 13.0 Å². The van der Waals surface area contributed by atoms with Crippen LogP contribution >= 0.6 is 0 Å². The molecule has 2 nitrogen and oxygen atoms in total. The van der Waals surface area contributed by atoms with Crippen molar-refractivity contribution in [1.82, 2.24) is 4.90 Å². The molecule has 1 saturated heterocycles. The fourth-order valence-electron chi connectivity index (χ4n) is 2.17. The second kappa shape index (κ2) is 4.15. The highest BCUT2D eigenvalue weighted by Gasteiger charge is 2.39. The molecule has 0 aliphatic carbocycles. The quantitative estimate of drug-likeness (QED) is 0.848. The Morgan fingerprint density at radius 3 is 2.75 bits per heavy atom. The van der Waals surface area contributed by atoms with E-state index < -0.39 is 5.60 Å². The molecule has 1 aliphatic heterocycles. The van der Waals surface area contributed by atoms with Gasteiger partial charge in [-0.25, -0.2) is 4.39 Å². The van der Waals surface area contributed by atoms with Gasteiger partial charge in [-0.05, 0) is 36.6 Å². The van der Waals surface area contributed by atoms with Crippen molar-refractivity contribution in [3.05, 3.63) is 35.1 Å². The molecule has 88 valence electrons. The van der Waals surface area contributed by atoms with E-state index in [2.05, 4.69) is 4.90 Å². The molecule has 16 heavy (non-hydrogen) atoms. The Kier molecular flexibility index (Phi) is 3.00. The SMILES string of the molecule is CCC1(O)CN(Cc2cc(F)ccc2C)C1. The first-order chi connectivity index (χ1) is 7.52. The minimum absolute atomic E-state index is 0.188. The topological polar surface area (TPSA) is 23.5 Å².